The lowest BCUT2D eigenvalue weighted by Gasteiger charge is -2.15. The number of aliphatic hydroxyl groups excluding tert-OH is 1. The second kappa shape index (κ2) is 41.1. The Kier molecular flexibility index (Phi) is 40.2. The molecular weight excluding hydrogens is 645 g/mol. The quantitative estimate of drug-likeness (QED) is 0.0499. The van der Waals surface area contributed by atoms with Crippen molar-refractivity contribution in [3.63, 3.8) is 0 Å². The highest BCUT2D eigenvalue weighted by Gasteiger charge is 2.16. The molecule has 0 fully saturated rings. The Bertz CT molecular complexity index is 735. The lowest BCUT2D eigenvalue weighted by atomic mass is 10.0. The summed E-state index contributed by atoms with van der Waals surface area (Å²) in [5.41, 5.74) is 0. The Labute approximate surface area is 325 Å². The van der Waals surface area contributed by atoms with Crippen LogP contribution in [0.5, 0.6) is 0 Å². The molecule has 1 atom stereocenters. The summed E-state index contributed by atoms with van der Waals surface area (Å²) in [6.45, 7) is 8.91. The number of hydrogen-bond acceptors (Lipinski definition) is 5. The maximum absolute atomic E-state index is 12.2. The Hall–Kier alpha value is -1.10. The number of unbranched alkanes of at least 4 members (excludes halogenated alkanes) is 30. The van der Waals surface area contributed by atoms with Crippen LogP contribution in [0.15, 0.2) is 0 Å². The van der Waals surface area contributed by atoms with Gasteiger partial charge in [-0.15, -0.1) is 0 Å². The molecule has 0 aliphatic heterocycles. The molecule has 5 nitrogen and oxygen atoms in total. The predicted molar refractivity (Wildman–Crippen MR) is 224 cm³/mol. The molecule has 0 bridgehead atoms. The minimum absolute atomic E-state index is 0.0576. The van der Waals surface area contributed by atoms with Gasteiger partial charge in [-0.25, -0.2) is 0 Å². The van der Waals surface area contributed by atoms with Crippen LogP contribution in [-0.4, -0.2) is 36.4 Å². The van der Waals surface area contributed by atoms with Gasteiger partial charge < -0.3 is 14.6 Å². The third-order valence-electron chi connectivity index (χ3n) is 10.8. The average molecular weight is 737 g/mol. The highest BCUT2D eigenvalue weighted by atomic mass is 16.6. The molecule has 0 heterocycles. The maximum Gasteiger partial charge on any atom is 0.306 e. The molecule has 0 aromatic heterocycles. The molecule has 0 amide bonds. The fourth-order valence-electron chi connectivity index (χ4n) is 7.22. The molecule has 0 aliphatic carbocycles. The van der Waals surface area contributed by atoms with E-state index in [-0.39, 0.29) is 25.2 Å². The molecule has 0 unspecified atom stereocenters. The zero-order valence-electron chi connectivity index (χ0n) is 35.7. The molecule has 0 saturated heterocycles. The Morgan fingerprint density at radius 1 is 0.385 bits per heavy atom. The van der Waals surface area contributed by atoms with Crippen LogP contribution in [-0.2, 0) is 19.1 Å². The molecule has 0 aliphatic rings. The molecule has 310 valence electrons. The highest BCUT2D eigenvalue weighted by molar-refractivity contribution is 5.70. The molecule has 0 spiro atoms. The first-order chi connectivity index (χ1) is 25.3. The van der Waals surface area contributed by atoms with Crippen LogP contribution in [0.25, 0.3) is 0 Å². The van der Waals surface area contributed by atoms with Crippen molar-refractivity contribution in [2.24, 2.45) is 11.8 Å². The number of rotatable bonds is 42. The van der Waals surface area contributed by atoms with Gasteiger partial charge >= 0.3 is 11.9 Å². The second-order valence-corrected chi connectivity index (χ2v) is 17.2. The number of hydrogen-bond donors (Lipinski definition) is 1. The molecule has 52 heavy (non-hydrogen) atoms. The molecule has 0 radical (unpaired) electrons. The molecule has 5 heteroatoms. The molecule has 0 saturated carbocycles. The lowest BCUT2D eigenvalue weighted by molar-refractivity contribution is -0.161. The van der Waals surface area contributed by atoms with Crippen molar-refractivity contribution < 1.29 is 24.2 Å². The van der Waals surface area contributed by atoms with Crippen LogP contribution >= 0.6 is 0 Å². The summed E-state index contributed by atoms with van der Waals surface area (Å²) in [6, 6.07) is 0. The number of esters is 2. The largest absolute Gasteiger partial charge is 0.462 e. The van der Waals surface area contributed by atoms with Gasteiger partial charge in [0.1, 0.15) is 6.61 Å². The number of aliphatic hydroxyl groups is 1. The van der Waals surface area contributed by atoms with Gasteiger partial charge in [0.25, 0.3) is 0 Å². The van der Waals surface area contributed by atoms with Crippen LogP contribution in [0.2, 0.25) is 0 Å². The van der Waals surface area contributed by atoms with Gasteiger partial charge in [0, 0.05) is 12.8 Å². The van der Waals surface area contributed by atoms with E-state index in [4.69, 9.17) is 9.47 Å². The van der Waals surface area contributed by atoms with Crippen molar-refractivity contribution in [1.82, 2.24) is 0 Å². The molecule has 0 aromatic rings. The van der Waals surface area contributed by atoms with Crippen molar-refractivity contribution in [2.75, 3.05) is 13.2 Å². The smallest absolute Gasteiger partial charge is 0.306 e. The third-order valence-corrected chi connectivity index (χ3v) is 10.8. The molecule has 0 aromatic carbocycles. The fourth-order valence-corrected chi connectivity index (χ4v) is 7.22. The van der Waals surface area contributed by atoms with Gasteiger partial charge in [-0.2, -0.15) is 0 Å². The van der Waals surface area contributed by atoms with Crippen LogP contribution < -0.4 is 0 Å². The number of carbonyl (C=O) groups is 2. The summed E-state index contributed by atoms with van der Waals surface area (Å²) in [4.78, 5) is 24.4. The van der Waals surface area contributed by atoms with E-state index in [1.54, 1.807) is 0 Å². The van der Waals surface area contributed by atoms with E-state index in [2.05, 4.69) is 27.7 Å². The number of carbonyl (C=O) groups excluding carboxylic acids is 2. The monoisotopic (exact) mass is 737 g/mol. The van der Waals surface area contributed by atoms with Crippen LogP contribution in [0.1, 0.15) is 259 Å². The molecular formula is C47H92O5. The topological polar surface area (TPSA) is 72.8 Å². The summed E-state index contributed by atoms with van der Waals surface area (Å²) >= 11 is 0. The SMILES string of the molecule is CC(C)CCCCCCCCCCCCCCCCCCCCC(=O)O[C@@H](CO)COC(=O)CCCCCCCCCCCCCCCCC(C)C. The van der Waals surface area contributed by atoms with E-state index < -0.39 is 6.10 Å². The second-order valence-electron chi connectivity index (χ2n) is 17.2. The van der Waals surface area contributed by atoms with Crippen LogP contribution in [0, 0.1) is 11.8 Å². The van der Waals surface area contributed by atoms with Crippen molar-refractivity contribution in [3.8, 4) is 0 Å². The van der Waals surface area contributed by atoms with Gasteiger partial charge in [-0.3, -0.25) is 9.59 Å². The summed E-state index contributed by atoms with van der Waals surface area (Å²) in [6.07, 6.45) is 44.7. The summed E-state index contributed by atoms with van der Waals surface area (Å²) in [5.74, 6) is 1.14. The van der Waals surface area contributed by atoms with Crippen molar-refractivity contribution in [2.45, 2.75) is 265 Å². The Morgan fingerprint density at radius 2 is 0.635 bits per heavy atom. The predicted octanol–water partition coefficient (Wildman–Crippen LogP) is 14.8. The Balaban J connectivity index is 3.45. The van der Waals surface area contributed by atoms with Gasteiger partial charge in [0.2, 0.25) is 0 Å². The maximum atomic E-state index is 12.2. The van der Waals surface area contributed by atoms with Gasteiger partial charge in [0.15, 0.2) is 6.10 Å². The van der Waals surface area contributed by atoms with E-state index in [0.29, 0.717) is 12.8 Å². The highest BCUT2D eigenvalue weighted by Crippen LogP contribution is 2.17. The molecule has 1 N–H and O–H groups in total. The zero-order valence-corrected chi connectivity index (χ0v) is 35.7. The minimum Gasteiger partial charge on any atom is -0.462 e. The first kappa shape index (κ1) is 50.9. The first-order valence-electron chi connectivity index (χ1n) is 23.3. The normalized spacial score (nSPS) is 12.2. The van der Waals surface area contributed by atoms with Gasteiger partial charge in [-0.05, 0) is 24.7 Å². The van der Waals surface area contributed by atoms with Crippen molar-refractivity contribution in [3.05, 3.63) is 0 Å². The zero-order chi connectivity index (χ0) is 38.2. The van der Waals surface area contributed by atoms with Crippen LogP contribution in [0.4, 0.5) is 0 Å². The standard InChI is InChI=1S/C47H92O5/c1-43(2)37-33-29-25-21-17-13-9-7-5-6-8-10-16-20-24-28-32-36-40-47(50)52-45(41-48)42-51-46(49)39-35-31-27-23-19-15-12-11-14-18-22-26-30-34-38-44(3)4/h43-45,48H,5-42H2,1-4H3/t45-/m0/s1. The Morgan fingerprint density at radius 3 is 0.904 bits per heavy atom. The van der Waals surface area contributed by atoms with Crippen molar-refractivity contribution >= 4 is 11.9 Å². The summed E-state index contributed by atoms with van der Waals surface area (Å²) in [5, 5.41) is 9.60. The summed E-state index contributed by atoms with van der Waals surface area (Å²) < 4.78 is 10.7. The minimum atomic E-state index is -0.763. The average Bonchev–Trinajstić information content (AvgIpc) is 3.12. The number of ether oxygens (including phenoxy) is 2. The van der Waals surface area contributed by atoms with Crippen LogP contribution in [0.3, 0.4) is 0 Å². The van der Waals surface area contributed by atoms with Crippen molar-refractivity contribution in [1.29, 1.82) is 0 Å². The van der Waals surface area contributed by atoms with Gasteiger partial charge in [-0.1, -0.05) is 233 Å². The fraction of sp³-hybridized carbons (Fsp3) is 0.957. The first-order valence-corrected chi connectivity index (χ1v) is 23.3. The van der Waals surface area contributed by atoms with E-state index in [1.807, 2.05) is 0 Å². The molecule has 0 rings (SSSR count). The van der Waals surface area contributed by atoms with E-state index in [1.165, 1.54) is 186 Å². The van der Waals surface area contributed by atoms with E-state index in [0.717, 1.165) is 43.9 Å². The van der Waals surface area contributed by atoms with E-state index >= 15 is 0 Å². The lowest BCUT2D eigenvalue weighted by Crippen LogP contribution is -2.28. The van der Waals surface area contributed by atoms with E-state index in [9.17, 15) is 14.7 Å². The summed E-state index contributed by atoms with van der Waals surface area (Å²) in [7, 11) is 0. The van der Waals surface area contributed by atoms with Gasteiger partial charge in [0.05, 0.1) is 6.61 Å². The third kappa shape index (κ3) is 41.7.